The molecule has 0 spiro atoms. The van der Waals surface area contributed by atoms with Crippen LogP contribution in [0.15, 0.2) is 88.9 Å². The van der Waals surface area contributed by atoms with Gasteiger partial charge in [0.05, 0.1) is 29.8 Å². The third-order valence-electron chi connectivity index (χ3n) is 5.47. The van der Waals surface area contributed by atoms with Gasteiger partial charge in [0.15, 0.2) is 0 Å². The van der Waals surface area contributed by atoms with Crippen molar-refractivity contribution < 1.29 is 17.9 Å². The number of hydrogen-bond donors (Lipinski definition) is 1. The fourth-order valence-corrected chi connectivity index (χ4v) is 4.97. The average Bonchev–Trinajstić information content (AvgIpc) is 2.89. The molecule has 0 atom stereocenters. The molecule has 0 saturated carbocycles. The smallest absolute Gasteiger partial charge is 0.273 e. The highest BCUT2D eigenvalue weighted by Gasteiger charge is 2.28. The van der Waals surface area contributed by atoms with Crippen molar-refractivity contribution in [3.8, 4) is 5.75 Å². The summed E-state index contributed by atoms with van der Waals surface area (Å²) in [6, 6.07) is 22.1. The van der Waals surface area contributed by atoms with E-state index in [1.54, 1.807) is 36.4 Å². The number of benzene rings is 3. The summed E-state index contributed by atoms with van der Waals surface area (Å²) in [5, 5.41) is 4.20. The van der Waals surface area contributed by atoms with E-state index in [1.165, 1.54) is 23.5 Å². The normalized spacial score (nSPS) is 11.7. The predicted octanol–water partition coefficient (Wildman–Crippen LogP) is 5.39. The SMILES string of the molecule is CCCC/C(C)=N\NC(=O)c1ccccc1N(Cc1ccccc1)S(=O)(=O)c1ccc(OC)cc1. The van der Waals surface area contributed by atoms with Gasteiger partial charge in [0.1, 0.15) is 5.75 Å². The molecule has 35 heavy (non-hydrogen) atoms. The molecule has 0 fully saturated rings. The van der Waals surface area contributed by atoms with Gasteiger partial charge < -0.3 is 4.74 Å². The van der Waals surface area contributed by atoms with Gasteiger partial charge in [0, 0.05) is 5.71 Å². The highest BCUT2D eigenvalue weighted by molar-refractivity contribution is 7.92. The first-order valence-electron chi connectivity index (χ1n) is 11.5. The molecule has 1 N–H and O–H groups in total. The Morgan fingerprint density at radius 3 is 2.29 bits per heavy atom. The maximum atomic E-state index is 13.8. The van der Waals surface area contributed by atoms with Gasteiger partial charge in [-0.25, -0.2) is 13.8 Å². The summed E-state index contributed by atoms with van der Waals surface area (Å²) >= 11 is 0. The molecular formula is C27H31N3O4S. The number of para-hydroxylation sites is 1. The van der Waals surface area contributed by atoms with Crippen LogP contribution in [-0.4, -0.2) is 27.1 Å². The molecule has 3 rings (SSSR count). The number of nitrogens with zero attached hydrogens (tertiary/aromatic N) is 2. The molecule has 0 bridgehead atoms. The summed E-state index contributed by atoms with van der Waals surface area (Å²) in [6.07, 6.45) is 2.79. The maximum Gasteiger partial charge on any atom is 0.273 e. The number of amides is 1. The van der Waals surface area contributed by atoms with E-state index in [-0.39, 0.29) is 22.7 Å². The Labute approximate surface area is 207 Å². The minimum Gasteiger partial charge on any atom is -0.497 e. The molecule has 3 aromatic carbocycles. The van der Waals surface area contributed by atoms with Crippen molar-refractivity contribution in [1.29, 1.82) is 0 Å². The molecule has 1 amide bonds. The van der Waals surface area contributed by atoms with Gasteiger partial charge in [-0.2, -0.15) is 5.10 Å². The minimum atomic E-state index is -4.01. The summed E-state index contributed by atoms with van der Waals surface area (Å²) in [5.74, 6) is 0.0779. The van der Waals surface area contributed by atoms with Crippen LogP contribution in [0.3, 0.4) is 0 Å². The van der Waals surface area contributed by atoms with Gasteiger partial charge in [-0.15, -0.1) is 0 Å². The molecule has 0 saturated heterocycles. The Morgan fingerprint density at radius 1 is 0.971 bits per heavy atom. The number of carbonyl (C=O) groups is 1. The number of unbranched alkanes of at least 4 members (excludes halogenated alkanes) is 1. The molecule has 0 heterocycles. The van der Waals surface area contributed by atoms with E-state index in [9.17, 15) is 13.2 Å². The first-order chi connectivity index (χ1) is 16.9. The zero-order valence-electron chi connectivity index (χ0n) is 20.3. The van der Waals surface area contributed by atoms with E-state index in [1.807, 2.05) is 37.3 Å². The van der Waals surface area contributed by atoms with Crippen molar-refractivity contribution in [3.05, 3.63) is 90.0 Å². The predicted molar refractivity (Wildman–Crippen MR) is 139 cm³/mol. The van der Waals surface area contributed by atoms with Crippen LogP contribution in [0, 0.1) is 0 Å². The standard InChI is InChI=1S/C27H31N3O4S/c1-4-5-11-21(2)28-29-27(31)25-14-9-10-15-26(25)30(20-22-12-7-6-8-13-22)35(32,33)24-18-16-23(34-3)17-19-24/h6-10,12-19H,4-5,11,20H2,1-3H3,(H,29,31)/b28-21-. The number of nitrogens with one attached hydrogen (secondary N) is 1. The highest BCUT2D eigenvalue weighted by Crippen LogP contribution is 2.30. The van der Waals surface area contributed by atoms with Crippen LogP contribution >= 0.6 is 0 Å². The van der Waals surface area contributed by atoms with Gasteiger partial charge >= 0.3 is 0 Å². The zero-order valence-corrected chi connectivity index (χ0v) is 21.1. The van der Waals surface area contributed by atoms with E-state index in [0.717, 1.165) is 30.5 Å². The number of sulfonamides is 1. The van der Waals surface area contributed by atoms with Gasteiger partial charge in [0.25, 0.3) is 15.9 Å². The lowest BCUT2D eigenvalue weighted by Crippen LogP contribution is -2.33. The molecule has 0 unspecified atom stereocenters. The molecule has 0 aliphatic heterocycles. The van der Waals surface area contributed by atoms with Gasteiger partial charge in [-0.3, -0.25) is 9.10 Å². The molecule has 3 aromatic rings. The molecule has 0 radical (unpaired) electrons. The molecule has 7 nitrogen and oxygen atoms in total. The molecule has 0 aliphatic carbocycles. The van der Waals surface area contributed by atoms with Crippen LogP contribution in [0.1, 0.15) is 49.0 Å². The summed E-state index contributed by atoms with van der Waals surface area (Å²) in [7, 11) is -2.49. The van der Waals surface area contributed by atoms with E-state index in [2.05, 4.69) is 17.5 Å². The van der Waals surface area contributed by atoms with Crippen molar-refractivity contribution in [3.63, 3.8) is 0 Å². The first kappa shape index (κ1) is 26.0. The summed E-state index contributed by atoms with van der Waals surface area (Å²) in [6.45, 7) is 4.00. The number of hydrogen-bond acceptors (Lipinski definition) is 5. The minimum absolute atomic E-state index is 0.0539. The topological polar surface area (TPSA) is 88.1 Å². The Balaban J connectivity index is 2.03. The van der Waals surface area contributed by atoms with E-state index in [4.69, 9.17) is 4.74 Å². The van der Waals surface area contributed by atoms with Crippen molar-refractivity contribution in [2.24, 2.45) is 5.10 Å². The van der Waals surface area contributed by atoms with Crippen LogP contribution in [0.2, 0.25) is 0 Å². The van der Waals surface area contributed by atoms with Crippen LogP contribution in [0.25, 0.3) is 0 Å². The van der Waals surface area contributed by atoms with Crippen LogP contribution in [0.4, 0.5) is 5.69 Å². The molecule has 8 heteroatoms. The zero-order chi connectivity index (χ0) is 25.3. The Hall–Kier alpha value is -3.65. The first-order valence-corrected chi connectivity index (χ1v) is 12.9. The van der Waals surface area contributed by atoms with Crippen LogP contribution in [0.5, 0.6) is 5.75 Å². The number of hydrazone groups is 1. The lowest BCUT2D eigenvalue weighted by atomic mass is 10.1. The number of carbonyl (C=O) groups excluding carboxylic acids is 1. The monoisotopic (exact) mass is 493 g/mol. The number of rotatable bonds is 11. The number of methoxy groups -OCH3 is 1. The number of anilines is 1. The van der Waals surface area contributed by atoms with Gasteiger partial charge in [-0.05, 0) is 61.7 Å². The molecular weight excluding hydrogens is 462 g/mol. The number of ether oxygens (including phenoxy) is 1. The van der Waals surface area contributed by atoms with Crippen molar-refractivity contribution in [2.75, 3.05) is 11.4 Å². The van der Waals surface area contributed by atoms with E-state index in [0.29, 0.717) is 5.75 Å². The quantitative estimate of drug-likeness (QED) is 0.287. The van der Waals surface area contributed by atoms with Crippen molar-refractivity contribution in [2.45, 2.75) is 44.6 Å². The molecule has 184 valence electrons. The average molecular weight is 494 g/mol. The second-order valence-corrected chi connectivity index (χ2v) is 9.94. The van der Waals surface area contributed by atoms with Crippen LogP contribution < -0.4 is 14.5 Å². The van der Waals surface area contributed by atoms with Gasteiger partial charge in [-0.1, -0.05) is 55.8 Å². The van der Waals surface area contributed by atoms with Crippen molar-refractivity contribution >= 4 is 27.3 Å². The Bertz CT molecular complexity index is 1260. The fraction of sp³-hybridized carbons (Fsp3) is 0.259. The van der Waals surface area contributed by atoms with Crippen molar-refractivity contribution in [1.82, 2.24) is 5.43 Å². The van der Waals surface area contributed by atoms with E-state index < -0.39 is 15.9 Å². The maximum absolute atomic E-state index is 13.8. The third kappa shape index (κ3) is 6.70. The lowest BCUT2D eigenvalue weighted by Gasteiger charge is -2.26. The lowest BCUT2D eigenvalue weighted by molar-refractivity contribution is 0.0955. The fourth-order valence-electron chi connectivity index (χ4n) is 3.50. The second-order valence-electron chi connectivity index (χ2n) is 8.08. The summed E-state index contributed by atoms with van der Waals surface area (Å²) < 4.78 is 34.1. The highest BCUT2D eigenvalue weighted by atomic mass is 32.2. The second kappa shape index (κ2) is 12.2. The Kier molecular flexibility index (Phi) is 9.03. The summed E-state index contributed by atoms with van der Waals surface area (Å²) in [5.41, 5.74) is 4.66. The molecule has 0 aromatic heterocycles. The van der Waals surface area contributed by atoms with E-state index >= 15 is 0 Å². The van der Waals surface area contributed by atoms with Gasteiger partial charge in [0.2, 0.25) is 0 Å². The summed E-state index contributed by atoms with van der Waals surface area (Å²) in [4.78, 5) is 13.2. The largest absolute Gasteiger partial charge is 0.497 e. The molecule has 0 aliphatic rings. The Morgan fingerprint density at radius 2 is 1.63 bits per heavy atom. The van der Waals surface area contributed by atoms with Crippen LogP contribution in [-0.2, 0) is 16.6 Å². The third-order valence-corrected chi connectivity index (χ3v) is 7.25.